The predicted octanol–water partition coefficient (Wildman–Crippen LogP) is 1.90. The van der Waals surface area contributed by atoms with E-state index in [0.29, 0.717) is 6.04 Å². The predicted molar refractivity (Wildman–Crippen MR) is 66.6 cm³/mol. The molecule has 1 aliphatic carbocycles. The maximum Gasteiger partial charge on any atom is 0.0704 e. The minimum atomic E-state index is -0.256. The number of rotatable bonds is 6. The van der Waals surface area contributed by atoms with Crippen LogP contribution in [0.3, 0.4) is 0 Å². The van der Waals surface area contributed by atoms with Gasteiger partial charge in [-0.2, -0.15) is 0 Å². The number of hydrogen-bond acceptors (Lipinski definition) is 2. The van der Waals surface area contributed by atoms with Gasteiger partial charge in [0, 0.05) is 12.6 Å². The molecule has 1 aromatic rings. The highest BCUT2D eigenvalue weighted by Crippen LogP contribution is 2.18. The zero-order valence-electron chi connectivity index (χ0n) is 9.95. The van der Waals surface area contributed by atoms with Crippen molar-refractivity contribution in [3.63, 3.8) is 0 Å². The van der Waals surface area contributed by atoms with E-state index in [1.54, 1.807) is 0 Å². The molecular formula is C14H21NO. The normalized spacial score (nSPS) is 17.4. The fraction of sp³-hybridized carbons (Fsp3) is 0.571. The number of benzene rings is 1. The Kier molecular flexibility index (Phi) is 3.97. The Bertz CT molecular complexity index is 316. The molecule has 0 heterocycles. The zero-order valence-corrected chi connectivity index (χ0v) is 9.95. The van der Waals surface area contributed by atoms with E-state index in [4.69, 9.17) is 0 Å². The lowest BCUT2D eigenvalue weighted by atomic mass is 10.0. The second kappa shape index (κ2) is 5.46. The summed E-state index contributed by atoms with van der Waals surface area (Å²) in [7, 11) is 0. The second-order valence-corrected chi connectivity index (χ2v) is 4.71. The van der Waals surface area contributed by atoms with Crippen LogP contribution in [0.25, 0.3) is 0 Å². The highest BCUT2D eigenvalue weighted by atomic mass is 16.3. The lowest BCUT2D eigenvalue weighted by Gasteiger charge is -2.11. The molecule has 1 aromatic carbocycles. The number of hydrogen-bond donors (Lipinski definition) is 2. The standard InChI is InChI=1S/C14H21NO/c1-2-11-3-5-12(6-4-11)9-14(16)10-15-13-7-8-13/h3-6,13-16H,2,7-10H2,1H3. The third-order valence-corrected chi connectivity index (χ3v) is 3.12. The van der Waals surface area contributed by atoms with Gasteiger partial charge in [-0.25, -0.2) is 0 Å². The summed E-state index contributed by atoms with van der Waals surface area (Å²) in [5.74, 6) is 0. The summed E-state index contributed by atoms with van der Waals surface area (Å²) in [6, 6.07) is 9.22. The van der Waals surface area contributed by atoms with E-state index in [1.165, 1.54) is 24.0 Å². The molecule has 0 bridgehead atoms. The van der Waals surface area contributed by atoms with Crippen molar-refractivity contribution in [2.24, 2.45) is 0 Å². The van der Waals surface area contributed by atoms with Crippen molar-refractivity contribution in [2.75, 3.05) is 6.54 Å². The topological polar surface area (TPSA) is 32.3 Å². The first-order valence-corrected chi connectivity index (χ1v) is 6.27. The number of aryl methyl sites for hydroxylation is 1. The van der Waals surface area contributed by atoms with Crippen LogP contribution in [0.1, 0.15) is 30.9 Å². The van der Waals surface area contributed by atoms with Crippen molar-refractivity contribution in [1.29, 1.82) is 0 Å². The van der Waals surface area contributed by atoms with E-state index in [1.807, 2.05) is 0 Å². The minimum Gasteiger partial charge on any atom is -0.391 e. The monoisotopic (exact) mass is 219 g/mol. The van der Waals surface area contributed by atoms with E-state index in [9.17, 15) is 5.11 Å². The molecule has 0 aromatic heterocycles. The van der Waals surface area contributed by atoms with E-state index >= 15 is 0 Å². The first kappa shape index (κ1) is 11.6. The molecule has 0 radical (unpaired) electrons. The van der Waals surface area contributed by atoms with E-state index in [2.05, 4.69) is 36.5 Å². The van der Waals surface area contributed by atoms with Crippen molar-refractivity contribution in [3.8, 4) is 0 Å². The molecular weight excluding hydrogens is 198 g/mol. The molecule has 1 atom stereocenters. The fourth-order valence-corrected chi connectivity index (χ4v) is 1.85. The van der Waals surface area contributed by atoms with Crippen LogP contribution in [0.4, 0.5) is 0 Å². The maximum absolute atomic E-state index is 9.84. The Balaban J connectivity index is 1.77. The summed E-state index contributed by atoms with van der Waals surface area (Å²) in [5, 5.41) is 13.2. The van der Waals surface area contributed by atoms with Crippen molar-refractivity contribution in [2.45, 2.75) is 44.8 Å². The Labute approximate surface area is 97.7 Å². The Morgan fingerprint density at radius 1 is 1.25 bits per heavy atom. The van der Waals surface area contributed by atoms with Crippen LogP contribution < -0.4 is 5.32 Å². The summed E-state index contributed by atoms with van der Waals surface area (Å²) in [5.41, 5.74) is 2.58. The Morgan fingerprint density at radius 3 is 2.44 bits per heavy atom. The van der Waals surface area contributed by atoms with Crippen LogP contribution in [0, 0.1) is 0 Å². The molecule has 16 heavy (non-hydrogen) atoms. The Morgan fingerprint density at radius 2 is 1.88 bits per heavy atom. The van der Waals surface area contributed by atoms with Gasteiger partial charge in [-0.15, -0.1) is 0 Å². The SMILES string of the molecule is CCc1ccc(CC(O)CNC2CC2)cc1. The van der Waals surface area contributed by atoms with Crippen LogP contribution in [-0.4, -0.2) is 23.8 Å². The number of nitrogens with one attached hydrogen (secondary N) is 1. The number of aliphatic hydroxyl groups is 1. The maximum atomic E-state index is 9.84. The van der Waals surface area contributed by atoms with Crippen LogP contribution in [0.15, 0.2) is 24.3 Å². The van der Waals surface area contributed by atoms with Gasteiger partial charge in [-0.1, -0.05) is 31.2 Å². The summed E-state index contributed by atoms with van der Waals surface area (Å²) in [4.78, 5) is 0. The largest absolute Gasteiger partial charge is 0.391 e. The molecule has 2 rings (SSSR count). The van der Waals surface area contributed by atoms with Gasteiger partial charge in [0.05, 0.1) is 6.10 Å². The lowest BCUT2D eigenvalue weighted by molar-refractivity contribution is 0.171. The van der Waals surface area contributed by atoms with E-state index in [0.717, 1.165) is 19.4 Å². The smallest absolute Gasteiger partial charge is 0.0704 e. The average Bonchev–Trinajstić information content (AvgIpc) is 3.11. The first-order valence-electron chi connectivity index (χ1n) is 6.27. The zero-order chi connectivity index (χ0) is 11.4. The van der Waals surface area contributed by atoms with Crippen molar-refractivity contribution >= 4 is 0 Å². The molecule has 2 nitrogen and oxygen atoms in total. The van der Waals surface area contributed by atoms with Crippen LogP contribution >= 0.6 is 0 Å². The van der Waals surface area contributed by atoms with Gasteiger partial charge in [-0.3, -0.25) is 0 Å². The summed E-state index contributed by atoms with van der Waals surface area (Å²) in [6.07, 6.45) is 4.12. The van der Waals surface area contributed by atoms with Crippen molar-refractivity contribution < 1.29 is 5.11 Å². The minimum absolute atomic E-state index is 0.256. The summed E-state index contributed by atoms with van der Waals surface area (Å²) < 4.78 is 0. The van der Waals surface area contributed by atoms with E-state index in [-0.39, 0.29) is 6.10 Å². The van der Waals surface area contributed by atoms with Crippen LogP contribution in [0.2, 0.25) is 0 Å². The second-order valence-electron chi connectivity index (χ2n) is 4.71. The van der Waals surface area contributed by atoms with Crippen LogP contribution in [-0.2, 0) is 12.8 Å². The van der Waals surface area contributed by atoms with Gasteiger partial charge >= 0.3 is 0 Å². The molecule has 88 valence electrons. The van der Waals surface area contributed by atoms with E-state index < -0.39 is 0 Å². The van der Waals surface area contributed by atoms with Crippen molar-refractivity contribution in [1.82, 2.24) is 5.32 Å². The third-order valence-electron chi connectivity index (χ3n) is 3.12. The van der Waals surface area contributed by atoms with Gasteiger partial charge in [0.25, 0.3) is 0 Å². The molecule has 2 heteroatoms. The molecule has 1 saturated carbocycles. The van der Waals surface area contributed by atoms with Gasteiger partial charge in [0.1, 0.15) is 0 Å². The lowest BCUT2D eigenvalue weighted by Crippen LogP contribution is -2.29. The summed E-state index contributed by atoms with van der Waals surface area (Å²) >= 11 is 0. The molecule has 0 aliphatic heterocycles. The average molecular weight is 219 g/mol. The van der Waals surface area contributed by atoms with Crippen molar-refractivity contribution in [3.05, 3.63) is 35.4 Å². The van der Waals surface area contributed by atoms with Crippen LogP contribution in [0.5, 0.6) is 0 Å². The molecule has 0 saturated heterocycles. The van der Waals surface area contributed by atoms with Gasteiger partial charge in [0.15, 0.2) is 0 Å². The highest BCUT2D eigenvalue weighted by Gasteiger charge is 2.21. The molecule has 0 amide bonds. The van der Waals surface area contributed by atoms with Gasteiger partial charge in [0.2, 0.25) is 0 Å². The third kappa shape index (κ3) is 3.62. The molecule has 1 aliphatic rings. The molecule has 0 spiro atoms. The van der Waals surface area contributed by atoms with Gasteiger partial charge < -0.3 is 10.4 Å². The fourth-order valence-electron chi connectivity index (χ4n) is 1.85. The molecule has 1 unspecified atom stereocenters. The quantitative estimate of drug-likeness (QED) is 0.766. The molecule has 2 N–H and O–H groups in total. The first-order chi connectivity index (χ1) is 7.78. The summed E-state index contributed by atoms with van der Waals surface area (Å²) in [6.45, 7) is 2.88. The number of aliphatic hydroxyl groups excluding tert-OH is 1. The van der Waals surface area contributed by atoms with Gasteiger partial charge in [-0.05, 0) is 36.8 Å². The molecule has 1 fully saturated rings. The Hall–Kier alpha value is -0.860. The highest BCUT2D eigenvalue weighted by molar-refractivity contribution is 5.23.